The van der Waals surface area contributed by atoms with Gasteiger partial charge in [-0.2, -0.15) is 0 Å². The molecule has 0 radical (unpaired) electrons. The fourth-order valence-electron chi connectivity index (χ4n) is 6.18. The molecule has 0 spiro atoms. The van der Waals surface area contributed by atoms with Crippen LogP contribution in [0.1, 0.15) is 53.6 Å². The molecular weight excluding hydrogens is 507 g/mol. The van der Waals surface area contributed by atoms with Crippen LogP contribution in [0.3, 0.4) is 0 Å². The minimum atomic E-state index is -0.268. The highest BCUT2D eigenvalue weighted by Gasteiger charge is 2.41. The minimum absolute atomic E-state index is 0.00276. The number of fused-ring (bicyclic) bond motifs is 2. The first-order valence-electron chi connectivity index (χ1n) is 13.9. The standard InChI is InChI=1S/C31H35FN6O2/c1-20-15-36(24(14-34-20)16-37-17-26-25(30(37)40)5-4-10-33-26)18-28(39)38-19-31(2,3)29-27(38)12-22(13-35-29)11-21-6-8-23(32)9-7-21/h4-10,12-13,20,24,34H,11,14-19H2,1-3H3/t20-,24-/m1/s1. The van der Waals surface area contributed by atoms with Gasteiger partial charge in [-0.15, -0.1) is 0 Å². The first kappa shape index (κ1) is 26.5. The highest BCUT2D eigenvalue weighted by Crippen LogP contribution is 2.40. The van der Waals surface area contributed by atoms with Crippen LogP contribution < -0.4 is 10.2 Å². The van der Waals surface area contributed by atoms with Crippen molar-refractivity contribution in [2.24, 2.45) is 0 Å². The summed E-state index contributed by atoms with van der Waals surface area (Å²) < 4.78 is 13.4. The molecule has 1 N–H and O–H groups in total. The van der Waals surface area contributed by atoms with Gasteiger partial charge in [0.1, 0.15) is 5.82 Å². The molecule has 8 nitrogen and oxygen atoms in total. The second kappa shape index (κ2) is 10.4. The maximum Gasteiger partial charge on any atom is 0.256 e. The van der Waals surface area contributed by atoms with Gasteiger partial charge in [-0.05, 0) is 54.8 Å². The minimum Gasteiger partial charge on any atom is -0.331 e. The van der Waals surface area contributed by atoms with Crippen molar-refractivity contribution in [3.8, 4) is 0 Å². The lowest BCUT2D eigenvalue weighted by molar-refractivity contribution is -0.120. The quantitative estimate of drug-likeness (QED) is 0.516. The van der Waals surface area contributed by atoms with Gasteiger partial charge in [-0.25, -0.2) is 4.39 Å². The Morgan fingerprint density at radius 3 is 2.73 bits per heavy atom. The Hall–Kier alpha value is -3.69. The number of aromatic nitrogens is 2. The first-order valence-corrected chi connectivity index (χ1v) is 13.9. The molecule has 0 unspecified atom stereocenters. The van der Waals surface area contributed by atoms with Crippen molar-refractivity contribution in [3.63, 3.8) is 0 Å². The molecule has 0 saturated carbocycles. The molecule has 0 aliphatic carbocycles. The number of halogens is 1. The SMILES string of the molecule is C[C@@H]1CN(CC(=O)N2CC(C)(C)c3ncc(Cc4ccc(F)cc4)cc32)[C@@H](CN2Cc3ncccc3C2=O)CN1. The number of hydrogen-bond acceptors (Lipinski definition) is 6. The molecule has 208 valence electrons. The number of benzene rings is 1. The van der Waals surface area contributed by atoms with Crippen molar-refractivity contribution in [1.29, 1.82) is 0 Å². The molecule has 1 fully saturated rings. The summed E-state index contributed by atoms with van der Waals surface area (Å²) >= 11 is 0. The molecule has 40 heavy (non-hydrogen) atoms. The van der Waals surface area contributed by atoms with Crippen LogP contribution in [0.25, 0.3) is 0 Å². The van der Waals surface area contributed by atoms with E-state index >= 15 is 0 Å². The van der Waals surface area contributed by atoms with Crippen molar-refractivity contribution in [2.75, 3.05) is 37.6 Å². The van der Waals surface area contributed by atoms with Crippen molar-refractivity contribution in [1.82, 2.24) is 25.1 Å². The number of hydrogen-bond donors (Lipinski definition) is 1. The number of carbonyl (C=O) groups excluding carboxylic acids is 2. The van der Waals surface area contributed by atoms with Crippen molar-refractivity contribution in [2.45, 2.75) is 51.2 Å². The molecule has 1 saturated heterocycles. The van der Waals surface area contributed by atoms with Gasteiger partial charge >= 0.3 is 0 Å². The lowest BCUT2D eigenvalue weighted by atomic mass is 9.91. The molecule has 6 rings (SSSR count). The predicted octanol–water partition coefficient (Wildman–Crippen LogP) is 3.15. The topological polar surface area (TPSA) is 81.7 Å². The Labute approximate surface area is 234 Å². The van der Waals surface area contributed by atoms with E-state index in [1.807, 2.05) is 22.1 Å². The fourth-order valence-corrected chi connectivity index (χ4v) is 6.18. The smallest absolute Gasteiger partial charge is 0.256 e. The molecule has 3 aromatic rings. The zero-order valence-electron chi connectivity index (χ0n) is 23.2. The summed E-state index contributed by atoms with van der Waals surface area (Å²) in [5.74, 6) is -0.225. The van der Waals surface area contributed by atoms with Gasteiger partial charge in [0.05, 0.1) is 35.7 Å². The third kappa shape index (κ3) is 5.11. The maximum absolute atomic E-state index is 13.9. The first-order chi connectivity index (χ1) is 19.2. The van der Waals surface area contributed by atoms with Gasteiger partial charge in [0.15, 0.2) is 0 Å². The largest absolute Gasteiger partial charge is 0.331 e. The Balaban J connectivity index is 1.19. The molecule has 3 aliphatic heterocycles. The van der Waals surface area contributed by atoms with Crippen molar-refractivity contribution < 1.29 is 14.0 Å². The van der Waals surface area contributed by atoms with Gasteiger partial charge in [-0.1, -0.05) is 26.0 Å². The van der Waals surface area contributed by atoms with E-state index in [1.54, 1.807) is 24.4 Å². The molecule has 2 atom stereocenters. The number of carbonyl (C=O) groups is 2. The molecule has 2 aromatic heterocycles. The number of nitrogens with one attached hydrogen (secondary N) is 1. The van der Waals surface area contributed by atoms with Crippen molar-refractivity contribution >= 4 is 17.5 Å². The number of rotatable bonds is 6. The van der Waals surface area contributed by atoms with Crippen LogP contribution >= 0.6 is 0 Å². The molecule has 0 bridgehead atoms. The highest BCUT2D eigenvalue weighted by molar-refractivity contribution is 5.98. The second-order valence-corrected chi connectivity index (χ2v) is 12.0. The summed E-state index contributed by atoms with van der Waals surface area (Å²) in [6.45, 7) is 9.64. The van der Waals surface area contributed by atoms with Gasteiger partial charge in [-0.3, -0.25) is 24.5 Å². The zero-order chi connectivity index (χ0) is 28.0. The van der Waals surface area contributed by atoms with E-state index in [9.17, 15) is 14.0 Å². The summed E-state index contributed by atoms with van der Waals surface area (Å²) in [7, 11) is 0. The molecule has 9 heteroatoms. The van der Waals surface area contributed by atoms with E-state index in [2.05, 4.69) is 42.0 Å². The average Bonchev–Trinajstić information content (AvgIpc) is 3.39. The van der Waals surface area contributed by atoms with E-state index in [1.165, 1.54) is 12.1 Å². The van der Waals surface area contributed by atoms with Gasteiger partial charge < -0.3 is 15.1 Å². The number of pyridine rings is 2. The van der Waals surface area contributed by atoms with E-state index in [4.69, 9.17) is 4.98 Å². The van der Waals surface area contributed by atoms with Gasteiger partial charge in [0.25, 0.3) is 5.91 Å². The number of nitrogens with zero attached hydrogens (tertiary/aromatic N) is 5. The Bertz CT molecular complexity index is 1440. The summed E-state index contributed by atoms with van der Waals surface area (Å²) in [4.78, 5) is 42.0. The normalized spacial score (nSPS) is 21.9. The fraction of sp³-hybridized carbons (Fsp3) is 0.419. The number of anilines is 1. The third-order valence-corrected chi connectivity index (χ3v) is 8.28. The highest BCUT2D eigenvalue weighted by atomic mass is 19.1. The Kier molecular flexibility index (Phi) is 6.88. The molecule has 1 aromatic carbocycles. The summed E-state index contributed by atoms with van der Waals surface area (Å²) in [5.41, 5.74) is 4.96. The lowest BCUT2D eigenvalue weighted by Crippen LogP contribution is -2.60. The molecule has 5 heterocycles. The molecule has 2 amide bonds. The Morgan fingerprint density at radius 1 is 1.15 bits per heavy atom. The number of piperazine rings is 1. The zero-order valence-corrected chi connectivity index (χ0v) is 23.2. The van der Waals surface area contributed by atoms with E-state index in [0.717, 1.165) is 34.7 Å². The van der Waals surface area contributed by atoms with E-state index in [-0.39, 0.29) is 41.7 Å². The molecular formula is C31H35FN6O2. The van der Waals surface area contributed by atoms with Crippen molar-refractivity contribution in [3.05, 3.63) is 88.8 Å². The van der Waals surface area contributed by atoms with E-state index in [0.29, 0.717) is 38.2 Å². The van der Waals surface area contributed by atoms with Crippen LogP contribution in [0.15, 0.2) is 54.9 Å². The van der Waals surface area contributed by atoms with Crippen LogP contribution in [0.2, 0.25) is 0 Å². The van der Waals surface area contributed by atoms with Crippen LogP contribution in [-0.4, -0.2) is 76.4 Å². The Morgan fingerprint density at radius 2 is 1.95 bits per heavy atom. The van der Waals surface area contributed by atoms with E-state index < -0.39 is 0 Å². The lowest BCUT2D eigenvalue weighted by Gasteiger charge is -2.41. The second-order valence-electron chi connectivity index (χ2n) is 12.0. The predicted molar refractivity (Wildman–Crippen MR) is 151 cm³/mol. The third-order valence-electron chi connectivity index (χ3n) is 8.28. The number of amides is 2. The van der Waals surface area contributed by atoms with Crippen LogP contribution in [-0.2, 0) is 23.2 Å². The summed E-state index contributed by atoms with van der Waals surface area (Å²) in [6.07, 6.45) is 4.20. The average molecular weight is 543 g/mol. The summed E-state index contributed by atoms with van der Waals surface area (Å²) in [5, 5.41) is 3.52. The van der Waals surface area contributed by atoms with Crippen LogP contribution in [0, 0.1) is 5.82 Å². The maximum atomic E-state index is 13.9. The molecule has 3 aliphatic rings. The summed E-state index contributed by atoms with van der Waals surface area (Å²) in [6, 6.07) is 12.4. The van der Waals surface area contributed by atoms with Crippen LogP contribution in [0.5, 0.6) is 0 Å². The monoisotopic (exact) mass is 542 g/mol. The van der Waals surface area contributed by atoms with Gasteiger partial charge in [0, 0.05) is 56.1 Å². The van der Waals surface area contributed by atoms with Gasteiger partial charge in [0.2, 0.25) is 5.91 Å². The van der Waals surface area contributed by atoms with Crippen LogP contribution in [0.4, 0.5) is 10.1 Å².